The Morgan fingerprint density at radius 1 is 1.36 bits per heavy atom. The van der Waals surface area contributed by atoms with Crippen molar-refractivity contribution in [1.82, 2.24) is 15.0 Å². The minimum atomic E-state index is -0.667. The Morgan fingerprint density at radius 2 is 2.08 bits per heavy atom. The third-order valence-electron chi connectivity index (χ3n) is 4.80. The van der Waals surface area contributed by atoms with Crippen molar-refractivity contribution in [3.63, 3.8) is 0 Å². The van der Waals surface area contributed by atoms with Gasteiger partial charge in [0.05, 0.1) is 11.6 Å². The van der Waals surface area contributed by atoms with E-state index >= 15 is 0 Å². The van der Waals surface area contributed by atoms with E-state index in [4.69, 9.17) is 4.52 Å². The van der Waals surface area contributed by atoms with Gasteiger partial charge in [-0.1, -0.05) is 12.1 Å². The van der Waals surface area contributed by atoms with E-state index in [2.05, 4.69) is 15.0 Å². The fourth-order valence-corrected chi connectivity index (χ4v) is 3.19. The third kappa shape index (κ3) is 3.76. The molecule has 1 aliphatic heterocycles. The molecule has 1 saturated heterocycles. The highest BCUT2D eigenvalue weighted by Gasteiger charge is 2.31. The molecule has 25 heavy (non-hydrogen) atoms. The predicted molar refractivity (Wildman–Crippen MR) is 87.1 cm³/mol. The first-order valence-electron chi connectivity index (χ1n) is 8.55. The molecule has 0 amide bonds. The number of ketones is 1. The van der Waals surface area contributed by atoms with E-state index in [1.807, 2.05) is 13.8 Å². The van der Waals surface area contributed by atoms with Crippen molar-refractivity contribution in [2.75, 3.05) is 13.1 Å². The maximum Gasteiger partial charge on any atom is 0.243 e. The Morgan fingerprint density at radius 3 is 2.72 bits per heavy atom. The van der Waals surface area contributed by atoms with Crippen LogP contribution in [-0.4, -0.2) is 33.9 Å². The number of Topliss-reactive ketones (excluding diaryl/α,β-unsaturated/α-hetero) is 1. The highest BCUT2D eigenvalue weighted by Crippen LogP contribution is 2.28. The molecule has 0 unspecified atom stereocenters. The van der Waals surface area contributed by atoms with Crippen LogP contribution in [0.2, 0.25) is 0 Å². The van der Waals surface area contributed by atoms with Crippen LogP contribution in [0.5, 0.6) is 0 Å². The van der Waals surface area contributed by atoms with Gasteiger partial charge >= 0.3 is 0 Å². The molecule has 0 aliphatic carbocycles. The molecule has 0 N–H and O–H groups in total. The second-order valence-corrected chi connectivity index (χ2v) is 6.38. The summed E-state index contributed by atoms with van der Waals surface area (Å²) in [6, 6.07) is 2.97. The van der Waals surface area contributed by atoms with Crippen molar-refractivity contribution in [3.05, 3.63) is 47.1 Å². The molecule has 1 aliphatic rings. The zero-order valence-corrected chi connectivity index (χ0v) is 14.3. The number of aromatic nitrogens is 2. The number of benzene rings is 1. The molecule has 0 radical (unpaired) electrons. The maximum atomic E-state index is 13.8. The Labute approximate surface area is 145 Å². The number of nitrogens with zero attached hydrogens (tertiary/aromatic N) is 3. The molecule has 0 bridgehead atoms. The van der Waals surface area contributed by atoms with Crippen molar-refractivity contribution in [1.29, 1.82) is 0 Å². The first-order valence-corrected chi connectivity index (χ1v) is 8.55. The molecule has 2 aromatic rings. The van der Waals surface area contributed by atoms with Crippen LogP contribution in [0.1, 0.15) is 54.8 Å². The standard InChI is InChI=1S/C18H21F2N3O2/c1-3-16-21-18(25-22-16)11(2)23-8-6-12(7-9-23)17(24)14-10-13(19)4-5-15(14)20/h4-5,10-12H,3,6-9H2,1-2H3/t11-/m1/s1. The zero-order chi connectivity index (χ0) is 18.0. The first kappa shape index (κ1) is 17.7. The fraction of sp³-hybridized carbons (Fsp3) is 0.500. The number of hydrogen-bond donors (Lipinski definition) is 0. The normalized spacial score (nSPS) is 17.6. The lowest BCUT2D eigenvalue weighted by Gasteiger charge is -2.33. The molecule has 1 aromatic heterocycles. The van der Waals surface area contributed by atoms with Gasteiger partial charge in [-0.25, -0.2) is 8.78 Å². The van der Waals surface area contributed by atoms with Crippen LogP contribution in [0.3, 0.4) is 0 Å². The average Bonchev–Trinajstić information content (AvgIpc) is 3.12. The summed E-state index contributed by atoms with van der Waals surface area (Å²) in [5.41, 5.74) is -0.156. The summed E-state index contributed by atoms with van der Waals surface area (Å²) < 4.78 is 32.4. The highest BCUT2D eigenvalue weighted by molar-refractivity contribution is 5.98. The molecule has 0 saturated carbocycles. The molecule has 3 rings (SSSR count). The number of carbonyl (C=O) groups excluding carboxylic acids is 1. The number of hydrogen-bond acceptors (Lipinski definition) is 5. The van der Waals surface area contributed by atoms with Gasteiger partial charge in [0.25, 0.3) is 0 Å². The van der Waals surface area contributed by atoms with Gasteiger partial charge in [-0.3, -0.25) is 9.69 Å². The highest BCUT2D eigenvalue weighted by atomic mass is 19.1. The summed E-state index contributed by atoms with van der Waals surface area (Å²) in [6.45, 7) is 5.28. The Hall–Kier alpha value is -2.15. The van der Waals surface area contributed by atoms with E-state index in [9.17, 15) is 13.6 Å². The molecule has 1 aromatic carbocycles. The lowest BCUT2D eigenvalue weighted by molar-refractivity contribution is 0.0770. The van der Waals surface area contributed by atoms with Crippen LogP contribution in [0, 0.1) is 17.6 Å². The molecule has 2 heterocycles. The lowest BCUT2D eigenvalue weighted by atomic mass is 9.88. The number of rotatable bonds is 5. The van der Waals surface area contributed by atoms with Gasteiger partial charge in [-0.2, -0.15) is 4.98 Å². The zero-order valence-electron chi connectivity index (χ0n) is 14.3. The van der Waals surface area contributed by atoms with Gasteiger partial charge in [-0.05, 0) is 51.1 Å². The SMILES string of the molecule is CCc1noc([C@@H](C)N2CCC(C(=O)c3cc(F)ccc3F)CC2)n1. The molecular formula is C18H21F2N3O2. The smallest absolute Gasteiger partial charge is 0.243 e. The van der Waals surface area contributed by atoms with Crippen molar-refractivity contribution in [2.45, 2.75) is 39.2 Å². The van der Waals surface area contributed by atoms with Crippen LogP contribution >= 0.6 is 0 Å². The van der Waals surface area contributed by atoms with E-state index in [1.54, 1.807) is 0 Å². The minimum absolute atomic E-state index is 0.0326. The van der Waals surface area contributed by atoms with Gasteiger partial charge < -0.3 is 4.52 Å². The fourth-order valence-electron chi connectivity index (χ4n) is 3.19. The summed E-state index contributed by atoms with van der Waals surface area (Å²) in [4.78, 5) is 19.0. The van der Waals surface area contributed by atoms with E-state index in [0.717, 1.165) is 18.2 Å². The first-order chi connectivity index (χ1) is 12.0. The average molecular weight is 349 g/mol. The van der Waals surface area contributed by atoms with Gasteiger partial charge in [0.1, 0.15) is 11.6 Å². The van der Waals surface area contributed by atoms with Crippen molar-refractivity contribution in [3.8, 4) is 0 Å². The third-order valence-corrected chi connectivity index (χ3v) is 4.80. The van der Waals surface area contributed by atoms with E-state index in [0.29, 0.717) is 44.1 Å². The molecule has 1 atom stereocenters. The Bertz CT molecular complexity index is 755. The summed E-state index contributed by atoms with van der Waals surface area (Å²) in [5, 5.41) is 3.91. The quantitative estimate of drug-likeness (QED) is 0.773. The van der Waals surface area contributed by atoms with E-state index in [1.165, 1.54) is 0 Å². The summed E-state index contributed by atoms with van der Waals surface area (Å²) >= 11 is 0. The van der Waals surface area contributed by atoms with E-state index < -0.39 is 11.6 Å². The molecule has 134 valence electrons. The number of likely N-dealkylation sites (tertiary alicyclic amines) is 1. The van der Waals surface area contributed by atoms with Crippen LogP contribution in [0.25, 0.3) is 0 Å². The molecule has 7 heteroatoms. The number of piperidine rings is 1. The predicted octanol–water partition coefficient (Wildman–Crippen LogP) is 3.57. The largest absolute Gasteiger partial charge is 0.338 e. The summed E-state index contributed by atoms with van der Waals surface area (Å²) in [7, 11) is 0. The van der Waals surface area contributed by atoms with Gasteiger partial charge in [0.15, 0.2) is 11.6 Å². The number of carbonyl (C=O) groups is 1. The lowest BCUT2D eigenvalue weighted by Crippen LogP contribution is -2.38. The van der Waals surface area contributed by atoms with Crippen LogP contribution in [0.15, 0.2) is 22.7 Å². The second-order valence-electron chi connectivity index (χ2n) is 6.38. The van der Waals surface area contributed by atoms with Gasteiger partial charge in [-0.15, -0.1) is 0 Å². The molecule has 5 nitrogen and oxygen atoms in total. The van der Waals surface area contributed by atoms with Crippen LogP contribution in [0.4, 0.5) is 8.78 Å². The van der Waals surface area contributed by atoms with E-state index in [-0.39, 0.29) is 23.3 Å². The number of aryl methyl sites for hydroxylation is 1. The summed E-state index contributed by atoms with van der Waals surface area (Å²) in [5.74, 6) is -0.644. The Kier molecular flexibility index (Phi) is 5.22. The van der Waals surface area contributed by atoms with Gasteiger partial charge in [0.2, 0.25) is 5.89 Å². The van der Waals surface area contributed by atoms with Crippen LogP contribution in [-0.2, 0) is 6.42 Å². The molecular weight excluding hydrogens is 328 g/mol. The van der Waals surface area contributed by atoms with Crippen molar-refractivity contribution >= 4 is 5.78 Å². The molecule has 1 fully saturated rings. The summed E-state index contributed by atoms with van der Waals surface area (Å²) in [6.07, 6.45) is 1.90. The van der Waals surface area contributed by atoms with Gasteiger partial charge in [0, 0.05) is 12.3 Å². The van der Waals surface area contributed by atoms with Crippen molar-refractivity contribution in [2.24, 2.45) is 5.92 Å². The topological polar surface area (TPSA) is 59.2 Å². The maximum absolute atomic E-state index is 13.8. The molecule has 0 spiro atoms. The Balaban J connectivity index is 1.63. The number of halogens is 2. The monoisotopic (exact) mass is 349 g/mol. The second kappa shape index (κ2) is 7.39. The van der Waals surface area contributed by atoms with Crippen molar-refractivity contribution < 1.29 is 18.1 Å². The minimum Gasteiger partial charge on any atom is -0.338 e. The van der Waals surface area contributed by atoms with Crippen LogP contribution < -0.4 is 0 Å².